The summed E-state index contributed by atoms with van der Waals surface area (Å²) in [4.78, 5) is 0. The van der Waals surface area contributed by atoms with Crippen LogP contribution in [-0.4, -0.2) is 25.1 Å². The normalized spacial score (nSPS) is 31.5. The minimum absolute atomic E-state index is 0.523. The van der Waals surface area contributed by atoms with Gasteiger partial charge in [-0.2, -0.15) is 26.3 Å². The predicted octanol–water partition coefficient (Wildman–Crippen LogP) is 3.54. The van der Waals surface area contributed by atoms with Crippen LogP contribution in [0.5, 0.6) is 0 Å². The van der Waals surface area contributed by atoms with Crippen LogP contribution in [0, 0.1) is 11.3 Å². The first-order valence-corrected chi connectivity index (χ1v) is 4.79. The van der Waals surface area contributed by atoms with E-state index in [4.69, 9.17) is 4.74 Å². The third kappa shape index (κ3) is 1.78. The zero-order chi connectivity index (χ0) is 12.8. The highest BCUT2D eigenvalue weighted by Crippen LogP contribution is 2.59. The van der Waals surface area contributed by atoms with E-state index in [1.54, 1.807) is 0 Å². The monoisotopic (exact) mass is 250 g/mol. The molecule has 2 atom stereocenters. The van der Waals surface area contributed by atoms with E-state index >= 15 is 0 Å². The van der Waals surface area contributed by atoms with Crippen molar-refractivity contribution in [2.45, 2.75) is 38.7 Å². The Morgan fingerprint density at radius 3 is 1.75 bits per heavy atom. The number of halogens is 6. The Morgan fingerprint density at radius 1 is 1.00 bits per heavy atom. The van der Waals surface area contributed by atoms with Crippen LogP contribution < -0.4 is 0 Å². The van der Waals surface area contributed by atoms with Crippen molar-refractivity contribution in [3.05, 3.63) is 0 Å². The van der Waals surface area contributed by atoms with Crippen LogP contribution in [0.25, 0.3) is 0 Å². The molecule has 2 unspecified atom stereocenters. The van der Waals surface area contributed by atoms with Crippen molar-refractivity contribution >= 4 is 0 Å². The molecule has 1 aliphatic heterocycles. The van der Waals surface area contributed by atoms with Crippen molar-refractivity contribution in [2.75, 3.05) is 6.61 Å². The molecule has 16 heavy (non-hydrogen) atoms. The van der Waals surface area contributed by atoms with Gasteiger partial charge in [-0.25, -0.2) is 0 Å². The summed E-state index contributed by atoms with van der Waals surface area (Å²) in [5.74, 6) is -1.64. The van der Waals surface area contributed by atoms with Gasteiger partial charge in [0, 0.05) is 12.5 Å². The lowest BCUT2D eigenvalue weighted by Gasteiger charge is -2.47. The molecule has 1 aliphatic rings. The van der Waals surface area contributed by atoms with Crippen LogP contribution in [-0.2, 0) is 4.74 Å². The van der Waals surface area contributed by atoms with Gasteiger partial charge in [-0.3, -0.25) is 0 Å². The first kappa shape index (κ1) is 13.6. The summed E-state index contributed by atoms with van der Waals surface area (Å²) in [6, 6.07) is 0. The van der Waals surface area contributed by atoms with E-state index in [-0.39, 0.29) is 0 Å². The van der Waals surface area contributed by atoms with Gasteiger partial charge in [0.05, 0.1) is 6.10 Å². The maximum atomic E-state index is 12.7. The van der Waals surface area contributed by atoms with Gasteiger partial charge in [-0.05, 0) is 13.3 Å². The molecule has 0 spiro atoms. The number of hydrogen-bond donors (Lipinski definition) is 0. The van der Waals surface area contributed by atoms with Crippen molar-refractivity contribution in [2.24, 2.45) is 11.3 Å². The van der Waals surface area contributed by atoms with Crippen molar-refractivity contribution in [1.82, 2.24) is 0 Å². The van der Waals surface area contributed by atoms with Crippen molar-refractivity contribution in [1.29, 1.82) is 0 Å². The molecule has 1 nitrogen and oxygen atoms in total. The molecular weight excluding hydrogens is 238 g/mol. The smallest absolute Gasteiger partial charge is 0.378 e. The van der Waals surface area contributed by atoms with Crippen LogP contribution in [0.3, 0.4) is 0 Å². The van der Waals surface area contributed by atoms with Gasteiger partial charge in [0.1, 0.15) is 0 Å². The molecule has 0 aromatic rings. The van der Waals surface area contributed by atoms with Gasteiger partial charge in [0.25, 0.3) is 0 Å². The van der Waals surface area contributed by atoms with Gasteiger partial charge >= 0.3 is 12.4 Å². The van der Waals surface area contributed by atoms with E-state index in [2.05, 4.69) is 0 Å². The minimum Gasteiger partial charge on any atom is -0.378 e. The standard InChI is InChI=1S/C9H12F6O/c1-5-6(2)16-4-3-7(5,8(10,11)12)9(13,14)15/h5-6H,3-4H2,1-2H3. The molecule has 1 rings (SSSR count). The predicted molar refractivity (Wildman–Crippen MR) is 43.7 cm³/mol. The maximum Gasteiger partial charge on any atom is 0.403 e. The van der Waals surface area contributed by atoms with E-state index in [1.807, 2.05) is 0 Å². The van der Waals surface area contributed by atoms with Crippen molar-refractivity contribution < 1.29 is 31.1 Å². The largest absolute Gasteiger partial charge is 0.403 e. The molecular formula is C9H12F6O. The SMILES string of the molecule is CC1OCCC(C(F)(F)F)(C(F)(F)F)C1C. The topological polar surface area (TPSA) is 9.23 Å². The molecule has 1 saturated heterocycles. The number of hydrogen-bond acceptors (Lipinski definition) is 1. The summed E-state index contributed by atoms with van der Waals surface area (Å²) in [5.41, 5.74) is -3.64. The minimum atomic E-state index is -5.30. The summed E-state index contributed by atoms with van der Waals surface area (Å²) in [6.45, 7) is 1.64. The Kier molecular flexibility index (Phi) is 3.22. The lowest BCUT2D eigenvalue weighted by atomic mass is 9.68. The fourth-order valence-corrected chi connectivity index (χ4v) is 2.14. The summed E-state index contributed by atoms with van der Waals surface area (Å²) < 4.78 is 81.3. The van der Waals surface area contributed by atoms with E-state index in [9.17, 15) is 26.3 Å². The Labute approximate surface area is 88.8 Å². The Bertz CT molecular complexity index is 242. The third-order valence-electron chi connectivity index (χ3n) is 3.37. The first-order valence-electron chi connectivity index (χ1n) is 4.79. The fourth-order valence-electron chi connectivity index (χ4n) is 2.14. The van der Waals surface area contributed by atoms with E-state index < -0.39 is 42.8 Å². The molecule has 0 aromatic carbocycles. The fraction of sp³-hybridized carbons (Fsp3) is 1.00. The third-order valence-corrected chi connectivity index (χ3v) is 3.37. The van der Waals surface area contributed by atoms with Crippen LogP contribution >= 0.6 is 0 Å². The molecule has 0 aliphatic carbocycles. The van der Waals surface area contributed by atoms with Gasteiger partial charge in [0.2, 0.25) is 0 Å². The molecule has 0 amide bonds. The van der Waals surface area contributed by atoms with E-state index in [0.717, 1.165) is 6.92 Å². The first-order chi connectivity index (χ1) is 7.04. The molecule has 0 aromatic heterocycles. The molecule has 0 radical (unpaired) electrons. The Hall–Kier alpha value is -0.460. The molecule has 0 saturated carbocycles. The highest BCUT2D eigenvalue weighted by atomic mass is 19.4. The lowest BCUT2D eigenvalue weighted by molar-refractivity contribution is -0.379. The number of ether oxygens (including phenoxy) is 1. The summed E-state index contributed by atoms with van der Waals surface area (Å²) in [6.07, 6.45) is -12.7. The average molecular weight is 250 g/mol. The van der Waals surface area contributed by atoms with Crippen molar-refractivity contribution in [3.63, 3.8) is 0 Å². The lowest BCUT2D eigenvalue weighted by Crippen LogP contribution is -2.59. The summed E-state index contributed by atoms with van der Waals surface area (Å²) in [5, 5.41) is 0. The zero-order valence-corrected chi connectivity index (χ0v) is 8.74. The number of rotatable bonds is 0. The molecule has 7 heteroatoms. The summed E-state index contributed by atoms with van der Waals surface area (Å²) >= 11 is 0. The summed E-state index contributed by atoms with van der Waals surface area (Å²) in [7, 11) is 0. The molecule has 96 valence electrons. The number of alkyl halides is 6. The second kappa shape index (κ2) is 3.78. The Morgan fingerprint density at radius 2 is 1.44 bits per heavy atom. The highest BCUT2D eigenvalue weighted by molar-refractivity contribution is 5.00. The van der Waals surface area contributed by atoms with Gasteiger partial charge in [0.15, 0.2) is 5.41 Å². The molecule has 1 fully saturated rings. The van der Waals surface area contributed by atoms with Crippen LogP contribution in [0.2, 0.25) is 0 Å². The Balaban J connectivity index is 3.24. The van der Waals surface area contributed by atoms with Gasteiger partial charge < -0.3 is 4.74 Å². The molecule has 1 heterocycles. The van der Waals surface area contributed by atoms with Gasteiger partial charge in [-0.15, -0.1) is 0 Å². The highest BCUT2D eigenvalue weighted by Gasteiger charge is 2.74. The van der Waals surface area contributed by atoms with E-state index in [1.165, 1.54) is 6.92 Å². The second-order valence-corrected chi connectivity index (χ2v) is 4.08. The molecule has 0 bridgehead atoms. The zero-order valence-electron chi connectivity index (χ0n) is 8.74. The maximum absolute atomic E-state index is 12.7. The van der Waals surface area contributed by atoms with E-state index in [0.29, 0.717) is 0 Å². The average Bonchev–Trinajstić information content (AvgIpc) is 2.05. The quantitative estimate of drug-likeness (QED) is 0.597. The van der Waals surface area contributed by atoms with Gasteiger partial charge in [-0.1, -0.05) is 6.92 Å². The molecule has 0 N–H and O–H groups in total. The van der Waals surface area contributed by atoms with Crippen LogP contribution in [0.15, 0.2) is 0 Å². The van der Waals surface area contributed by atoms with Crippen LogP contribution in [0.4, 0.5) is 26.3 Å². The van der Waals surface area contributed by atoms with Crippen LogP contribution in [0.1, 0.15) is 20.3 Å². The second-order valence-electron chi connectivity index (χ2n) is 4.08. The van der Waals surface area contributed by atoms with Crippen molar-refractivity contribution in [3.8, 4) is 0 Å².